The lowest BCUT2D eigenvalue weighted by Crippen LogP contribution is -2.33. The molecule has 1 heterocycles. The van der Waals surface area contributed by atoms with Crippen LogP contribution in [0.3, 0.4) is 0 Å². The summed E-state index contributed by atoms with van der Waals surface area (Å²) >= 11 is 0. The predicted octanol–water partition coefficient (Wildman–Crippen LogP) is 3.23. The fourth-order valence-electron chi connectivity index (χ4n) is 3.71. The molecule has 1 aromatic heterocycles. The minimum Gasteiger partial charge on any atom is -0.493 e. The molecule has 1 aliphatic rings. The number of benzene rings is 1. The Labute approximate surface area is 184 Å². The van der Waals surface area contributed by atoms with Gasteiger partial charge in [0, 0.05) is 6.04 Å². The van der Waals surface area contributed by atoms with Gasteiger partial charge in [-0.05, 0) is 43.0 Å². The average Bonchev–Trinajstić information content (AvgIpc) is 3.44. The normalized spacial score (nSPS) is 18.1. The van der Waals surface area contributed by atoms with Crippen LogP contribution < -0.4 is 14.8 Å². The molecule has 0 fully saturated rings. The molecular formula is C22H24N2O8. The summed E-state index contributed by atoms with van der Waals surface area (Å²) in [5.74, 6) is -1.46. The summed E-state index contributed by atoms with van der Waals surface area (Å²) in [6.07, 6.45) is 4.08. The third-order valence-electron chi connectivity index (χ3n) is 5.16. The Balaban J connectivity index is 1.76. The Morgan fingerprint density at radius 1 is 1.19 bits per heavy atom. The van der Waals surface area contributed by atoms with Crippen LogP contribution in [0.2, 0.25) is 0 Å². The van der Waals surface area contributed by atoms with Crippen molar-refractivity contribution in [1.29, 1.82) is 0 Å². The Kier molecular flexibility index (Phi) is 7.14. The molecule has 0 saturated carbocycles. The molecule has 1 amide bonds. The summed E-state index contributed by atoms with van der Waals surface area (Å²) in [6.45, 7) is 1.97. The topological polar surface area (TPSA) is 130 Å². The summed E-state index contributed by atoms with van der Waals surface area (Å²) in [5.41, 5.74) is 0.699. The minimum atomic E-state index is -0.713. The number of amides is 1. The smallest absolute Gasteiger partial charge is 0.433 e. The number of furan rings is 1. The number of methoxy groups -OCH3 is 2. The zero-order valence-corrected chi connectivity index (χ0v) is 17.9. The van der Waals surface area contributed by atoms with Crippen molar-refractivity contribution in [2.24, 2.45) is 5.92 Å². The van der Waals surface area contributed by atoms with Crippen LogP contribution in [-0.2, 0) is 9.53 Å². The molecule has 10 heteroatoms. The highest BCUT2D eigenvalue weighted by Crippen LogP contribution is 2.38. The maximum Gasteiger partial charge on any atom is 0.433 e. The first-order valence-electron chi connectivity index (χ1n) is 9.99. The number of hydrogen-bond acceptors (Lipinski definition) is 8. The number of nitrogens with zero attached hydrogens (tertiary/aromatic N) is 1. The molecule has 1 aromatic carbocycles. The van der Waals surface area contributed by atoms with E-state index < -0.39 is 22.6 Å². The van der Waals surface area contributed by atoms with Gasteiger partial charge < -0.3 is 23.9 Å². The van der Waals surface area contributed by atoms with E-state index in [0.717, 1.165) is 6.07 Å². The van der Waals surface area contributed by atoms with Crippen LogP contribution in [0.4, 0.5) is 5.88 Å². The van der Waals surface area contributed by atoms with Gasteiger partial charge in [0.2, 0.25) is 0 Å². The lowest BCUT2D eigenvalue weighted by Gasteiger charge is -2.23. The second-order valence-electron chi connectivity index (χ2n) is 7.10. The Hall–Kier alpha value is -3.82. The van der Waals surface area contributed by atoms with Crippen molar-refractivity contribution in [3.8, 4) is 11.5 Å². The van der Waals surface area contributed by atoms with E-state index in [1.807, 2.05) is 6.08 Å². The third-order valence-corrected chi connectivity index (χ3v) is 5.16. The highest BCUT2D eigenvalue weighted by molar-refractivity contribution is 5.92. The monoisotopic (exact) mass is 444 g/mol. The zero-order valence-electron chi connectivity index (χ0n) is 17.9. The van der Waals surface area contributed by atoms with Crippen molar-refractivity contribution < 1.29 is 33.1 Å². The van der Waals surface area contributed by atoms with Crippen molar-refractivity contribution in [2.75, 3.05) is 20.8 Å². The fraction of sp³-hybridized carbons (Fsp3) is 0.364. The Morgan fingerprint density at radius 3 is 2.56 bits per heavy atom. The number of rotatable bonds is 9. The zero-order chi connectivity index (χ0) is 23.3. The predicted molar refractivity (Wildman–Crippen MR) is 113 cm³/mol. The van der Waals surface area contributed by atoms with Crippen molar-refractivity contribution >= 4 is 17.8 Å². The molecule has 3 atom stereocenters. The summed E-state index contributed by atoms with van der Waals surface area (Å²) in [6, 6.07) is 7.23. The minimum absolute atomic E-state index is 0.157. The first-order valence-corrected chi connectivity index (χ1v) is 9.99. The van der Waals surface area contributed by atoms with Crippen LogP contribution in [0.15, 0.2) is 46.9 Å². The maximum absolute atomic E-state index is 12.8. The molecule has 0 saturated heterocycles. The van der Waals surface area contributed by atoms with Gasteiger partial charge in [-0.25, -0.2) is 0 Å². The first-order chi connectivity index (χ1) is 15.4. The molecule has 2 aromatic rings. The van der Waals surface area contributed by atoms with Gasteiger partial charge in [0.05, 0.1) is 32.8 Å². The number of carbonyl (C=O) groups is 2. The lowest BCUT2D eigenvalue weighted by molar-refractivity contribution is -0.402. The summed E-state index contributed by atoms with van der Waals surface area (Å²) in [5, 5.41) is 13.5. The van der Waals surface area contributed by atoms with Gasteiger partial charge in [-0.3, -0.25) is 19.7 Å². The quantitative estimate of drug-likeness (QED) is 0.270. The van der Waals surface area contributed by atoms with E-state index in [1.54, 1.807) is 31.2 Å². The number of ether oxygens (including phenoxy) is 3. The second-order valence-corrected chi connectivity index (χ2v) is 7.10. The van der Waals surface area contributed by atoms with E-state index in [0.29, 0.717) is 23.5 Å². The van der Waals surface area contributed by atoms with Gasteiger partial charge in [-0.2, -0.15) is 0 Å². The number of nitro groups is 1. The largest absolute Gasteiger partial charge is 0.493 e. The van der Waals surface area contributed by atoms with Crippen LogP contribution >= 0.6 is 0 Å². The fourth-order valence-corrected chi connectivity index (χ4v) is 3.71. The molecule has 1 aliphatic carbocycles. The van der Waals surface area contributed by atoms with E-state index in [9.17, 15) is 19.7 Å². The lowest BCUT2D eigenvalue weighted by atomic mass is 9.85. The molecule has 170 valence electrons. The van der Waals surface area contributed by atoms with E-state index in [2.05, 4.69) is 5.32 Å². The van der Waals surface area contributed by atoms with Crippen molar-refractivity contribution in [1.82, 2.24) is 5.32 Å². The summed E-state index contributed by atoms with van der Waals surface area (Å²) < 4.78 is 20.9. The van der Waals surface area contributed by atoms with Gasteiger partial charge >= 0.3 is 11.9 Å². The summed E-state index contributed by atoms with van der Waals surface area (Å²) in [7, 11) is 3.04. The van der Waals surface area contributed by atoms with Gasteiger partial charge in [-0.15, -0.1) is 0 Å². The Morgan fingerprint density at radius 2 is 1.94 bits per heavy atom. The summed E-state index contributed by atoms with van der Waals surface area (Å²) in [4.78, 5) is 35.2. The van der Waals surface area contributed by atoms with Crippen molar-refractivity contribution in [3.63, 3.8) is 0 Å². The van der Waals surface area contributed by atoms with Gasteiger partial charge in [0.25, 0.3) is 5.91 Å². The second kappa shape index (κ2) is 9.99. The Bertz CT molecular complexity index is 1030. The molecule has 1 N–H and O–H groups in total. The standard InChI is InChI=1S/C22H24N2O8/c1-4-31-22(26)20(14-6-8-16(29-2)18(12-14)30-3)13-5-7-15(11-13)23-21(25)17-9-10-19(32-17)24(27)28/h5-10,12-13,15,20H,4,11H2,1-3H3,(H,23,25)/t13-,15-,20-/m0/s1. The van der Waals surface area contributed by atoms with Gasteiger partial charge in [0.1, 0.15) is 4.92 Å². The highest BCUT2D eigenvalue weighted by Gasteiger charge is 2.35. The van der Waals surface area contributed by atoms with Crippen LogP contribution in [0, 0.1) is 16.0 Å². The van der Waals surface area contributed by atoms with Crippen LogP contribution in [0.25, 0.3) is 0 Å². The molecule has 0 radical (unpaired) electrons. The number of esters is 1. The van der Waals surface area contributed by atoms with E-state index in [-0.39, 0.29) is 30.3 Å². The van der Waals surface area contributed by atoms with E-state index >= 15 is 0 Å². The van der Waals surface area contributed by atoms with Crippen LogP contribution in [0.5, 0.6) is 11.5 Å². The molecule has 0 unspecified atom stereocenters. The molecule has 3 rings (SSSR count). The molecule has 0 bridgehead atoms. The third kappa shape index (κ3) is 4.90. The molecule has 10 nitrogen and oxygen atoms in total. The van der Waals surface area contributed by atoms with Crippen LogP contribution in [-0.4, -0.2) is 43.7 Å². The SMILES string of the molecule is CCOC(=O)[C@H](c1ccc(OC)c(OC)c1)[C@H]1C=C[C@H](NC(=O)c2ccc([N+](=O)[O-])o2)C1. The maximum atomic E-state index is 12.8. The van der Waals surface area contributed by atoms with Crippen LogP contribution in [0.1, 0.15) is 35.4 Å². The van der Waals surface area contributed by atoms with Gasteiger partial charge in [0.15, 0.2) is 17.3 Å². The number of carbonyl (C=O) groups excluding carboxylic acids is 2. The number of allylic oxidation sites excluding steroid dienone is 1. The van der Waals surface area contributed by atoms with Gasteiger partial charge in [-0.1, -0.05) is 18.2 Å². The average molecular weight is 444 g/mol. The number of hydrogen-bond donors (Lipinski definition) is 1. The molecule has 0 spiro atoms. The van der Waals surface area contributed by atoms with E-state index in [1.165, 1.54) is 20.3 Å². The number of nitrogens with one attached hydrogen (secondary N) is 1. The molecule has 32 heavy (non-hydrogen) atoms. The highest BCUT2D eigenvalue weighted by atomic mass is 16.6. The van der Waals surface area contributed by atoms with Crippen molar-refractivity contribution in [2.45, 2.75) is 25.3 Å². The van der Waals surface area contributed by atoms with Crippen molar-refractivity contribution in [3.05, 3.63) is 63.9 Å². The molecule has 0 aliphatic heterocycles. The first kappa shape index (κ1) is 22.9. The van der Waals surface area contributed by atoms with E-state index in [4.69, 9.17) is 18.6 Å². The molecular weight excluding hydrogens is 420 g/mol.